The number of likely N-dealkylation sites (N-methyl/N-ethyl adjacent to an activating group) is 1. The summed E-state index contributed by atoms with van der Waals surface area (Å²) >= 11 is 6.81. The first-order valence-electron chi connectivity index (χ1n) is 19.1. The maximum atomic E-state index is 14.3. The zero-order valence-corrected chi connectivity index (χ0v) is 34.1. The van der Waals surface area contributed by atoms with Gasteiger partial charge in [-0.15, -0.1) is 0 Å². The minimum Gasteiger partial charge on any atom is -0.495 e. The Kier molecular flexibility index (Phi) is 12.5. The molecule has 0 spiro atoms. The van der Waals surface area contributed by atoms with Gasteiger partial charge < -0.3 is 44.1 Å². The molecule has 2 saturated heterocycles. The van der Waals surface area contributed by atoms with Crippen molar-refractivity contribution >= 4 is 41.2 Å². The third kappa shape index (κ3) is 8.61. The van der Waals surface area contributed by atoms with Gasteiger partial charge in [0.1, 0.15) is 34.6 Å². The number of hydrogen-bond donors (Lipinski definition) is 2. The van der Waals surface area contributed by atoms with Gasteiger partial charge in [0.2, 0.25) is 5.91 Å². The number of anilines is 1. The molecule has 2 fully saturated rings. The molecule has 4 heterocycles. The number of ether oxygens (including phenoxy) is 5. The fraction of sp³-hybridized carbons (Fsp3) is 0.524. The van der Waals surface area contributed by atoms with Gasteiger partial charge in [0.05, 0.1) is 37.5 Å². The van der Waals surface area contributed by atoms with Crippen LogP contribution in [0.5, 0.6) is 5.75 Å². The fourth-order valence-corrected chi connectivity index (χ4v) is 8.25. The molecule has 8 atom stereocenters. The quantitative estimate of drug-likeness (QED) is 0.297. The van der Waals surface area contributed by atoms with Gasteiger partial charge in [0, 0.05) is 45.7 Å². The largest absolute Gasteiger partial charge is 0.495 e. The number of benzene rings is 2. The van der Waals surface area contributed by atoms with Crippen molar-refractivity contribution in [3.63, 3.8) is 0 Å². The van der Waals surface area contributed by atoms with Crippen LogP contribution in [0.1, 0.15) is 67.6 Å². The van der Waals surface area contributed by atoms with Gasteiger partial charge in [-0.2, -0.15) is 0 Å². The number of halogens is 1. The van der Waals surface area contributed by atoms with Crippen LogP contribution in [0.3, 0.4) is 0 Å². The Morgan fingerprint density at radius 2 is 1.91 bits per heavy atom. The van der Waals surface area contributed by atoms with E-state index >= 15 is 0 Å². The van der Waals surface area contributed by atoms with Gasteiger partial charge in [-0.25, -0.2) is 9.59 Å². The molecule has 0 aliphatic carbocycles. The number of carbonyl (C=O) groups is 4. The summed E-state index contributed by atoms with van der Waals surface area (Å²) < 4.78 is 29.8. The molecule has 0 radical (unpaired) electrons. The van der Waals surface area contributed by atoms with E-state index in [4.69, 9.17) is 35.3 Å². The molecule has 4 aliphatic heterocycles. The molecule has 2 N–H and O–H groups in total. The monoisotopic (exact) mass is 792 g/mol. The first-order chi connectivity index (χ1) is 26.6. The lowest BCUT2D eigenvalue weighted by Gasteiger charge is -2.36. The van der Waals surface area contributed by atoms with Crippen molar-refractivity contribution in [1.82, 2.24) is 15.5 Å². The van der Waals surface area contributed by atoms with Crippen LogP contribution in [0.25, 0.3) is 0 Å². The van der Waals surface area contributed by atoms with Crippen molar-refractivity contribution in [1.29, 1.82) is 0 Å². The second kappa shape index (κ2) is 17.0. The van der Waals surface area contributed by atoms with Crippen molar-refractivity contribution in [3.8, 4) is 5.75 Å². The SMILES string of the molecule is COc1cc2cc(c1Cl)N(C)C(=O)C[C@H](OC(=O)[C@H](C)N(C)C(=O)c1ccc3c(c1)CCNC3)[C@]1(C)O[C@H]1[C@H](C)[C@@H]1CC(NC(=O)O1)[C@H](OC)/C=C/C=C(\C)C2. The Morgan fingerprint density at radius 3 is 2.64 bits per heavy atom. The minimum atomic E-state index is -1.14. The lowest BCUT2D eigenvalue weighted by atomic mass is 9.84. The smallest absolute Gasteiger partial charge is 0.407 e. The van der Waals surface area contributed by atoms with Gasteiger partial charge in [0.15, 0.2) is 0 Å². The molecule has 3 amide bonds. The molecule has 1 unspecified atom stereocenters. The highest BCUT2D eigenvalue weighted by Crippen LogP contribution is 2.49. The molecule has 4 bridgehead atoms. The summed E-state index contributed by atoms with van der Waals surface area (Å²) in [7, 11) is 6.27. The van der Waals surface area contributed by atoms with Crippen molar-refractivity contribution < 1.29 is 42.9 Å². The minimum absolute atomic E-state index is 0.255. The topological polar surface area (TPSA) is 148 Å². The zero-order chi connectivity index (χ0) is 40.5. The fourth-order valence-electron chi connectivity index (χ4n) is 7.94. The van der Waals surface area contributed by atoms with Crippen molar-refractivity contribution in [2.24, 2.45) is 5.92 Å². The second-order valence-electron chi connectivity index (χ2n) is 15.5. The van der Waals surface area contributed by atoms with E-state index in [2.05, 4.69) is 10.6 Å². The van der Waals surface area contributed by atoms with E-state index in [0.29, 0.717) is 29.8 Å². The molecule has 2 aromatic rings. The van der Waals surface area contributed by atoms with E-state index in [0.717, 1.165) is 41.8 Å². The van der Waals surface area contributed by atoms with Crippen LogP contribution in [-0.4, -0.2) is 106 Å². The number of hydrogen-bond acceptors (Lipinski definition) is 10. The third-order valence-corrected chi connectivity index (χ3v) is 12.1. The van der Waals surface area contributed by atoms with Gasteiger partial charge in [-0.05, 0) is 81.1 Å². The number of fused-ring (bicyclic) bond motifs is 6. The van der Waals surface area contributed by atoms with Gasteiger partial charge in [-0.3, -0.25) is 9.59 Å². The average molecular weight is 793 g/mol. The van der Waals surface area contributed by atoms with Crippen LogP contribution >= 0.6 is 11.6 Å². The highest BCUT2D eigenvalue weighted by Gasteiger charge is 2.64. The molecule has 302 valence electrons. The summed E-state index contributed by atoms with van der Waals surface area (Å²) in [5, 5.41) is 6.48. The van der Waals surface area contributed by atoms with Crippen LogP contribution in [0, 0.1) is 5.92 Å². The van der Waals surface area contributed by atoms with Gasteiger partial charge in [-0.1, -0.05) is 48.4 Å². The van der Waals surface area contributed by atoms with E-state index in [-0.39, 0.29) is 23.3 Å². The Morgan fingerprint density at radius 1 is 1.14 bits per heavy atom. The third-order valence-electron chi connectivity index (χ3n) is 11.7. The van der Waals surface area contributed by atoms with Crippen LogP contribution in [0.4, 0.5) is 10.5 Å². The van der Waals surface area contributed by atoms with Crippen LogP contribution in [0.2, 0.25) is 5.02 Å². The lowest BCUT2D eigenvalue weighted by molar-refractivity contribution is -0.158. The first-order valence-corrected chi connectivity index (χ1v) is 19.5. The molecule has 14 heteroatoms. The number of carbonyl (C=O) groups excluding carboxylic acids is 4. The predicted molar refractivity (Wildman–Crippen MR) is 211 cm³/mol. The number of esters is 1. The average Bonchev–Trinajstić information content (AvgIpc) is 3.89. The molecular weight excluding hydrogens is 740 g/mol. The van der Waals surface area contributed by atoms with Crippen LogP contribution < -0.4 is 20.3 Å². The summed E-state index contributed by atoms with van der Waals surface area (Å²) in [6.07, 6.45) is 4.04. The molecule has 2 aromatic carbocycles. The highest BCUT2D eigenvalue weighted by atomic mass is 35.5. The van der Waals surface area contributed by atoms with E-state index < -0.39 is 60.1 Å². The Bertz CT molecular complexity index is 1920. The van der Waals surface area contributed by atoms with Crippen LogP contribution in [0.15, 0.2) is 54.1 Å². The van der Waals surface area contributed by atoms with Gasteiger partial charge >= 0.3 is 12.1 Å². The maximum Gasteiger partial charge on any atom is 0.407 e. The molecule has 56 heavy (non-hydrogen) atoms. The molecule has 4 aliphatic rings. The zero-order valence-electron chi connectivity index (χ0n) is 33.3. The number of allylic oxidation sites excluding steroid dienone is 3. The standard InChI is InChI=1S/C42H53ClN4O9/c1-23-10-9-11-32(52-7)30-20-33(54-41(51)45-30)24(2)38-42(4,56-38)35(21-36(48)47(6)31-17-26(16-23)18-34(53-8)37(31)43)55-40(50)25(3)46(5)39(49)28-12-13-29-22-44-15-14-27(29)19-28/h9-13,17-19,24-25,30,32-33,35,38,44H,14-16,20-22H2,1-8H3,(H,45,51)/b11-9+,23-10+/t24-,25+,30?,32-,33+,35+,38+,42+/m1/s1. The summed E-state index contributed by atoms with van der Waals surface area (Å²) in [5.41, 5.74) is 3.88. The summed E-state index contributed by atoms with van der Waals surface area (Å²) in [6.45, 7) is 8.85. The second-order valence-corrected chi connectivity index (χ2v) is 15.9. The number of nitrogens with one attached hydrogen (secondary N) is 2. The molecule has 13 nitrogen and oxygen atoms in total. The number of alkyl carbamates (subject to hydrolysis) is 1. The Hall–Kier alpha value is -4.43. The van der Waals surface area contributed by atoms with E-state index in [1.807, 2.05) is 56.3 Å². The number of nitrogens with zero attached hydrogens (tertiary/aromatic N) is 2. The maximum absolute atomic E-state index is 14.3. The summed E-state index contributed by atoms with van der Waals surface area (Å²) in [5.74, 6) is -1.37. The predicted octanol–water partition coefficient (Wildman–Crippen LogP) is 5.15. The number of methoxy groups -OCH3 is 2. The summed E-state index contributed by atoms with van der Waals surface area (Å²) in [4.78, 5) is 57.6. The van der Waals surface area contributed by atoms with Crippen molar-refractivity contribution in [2.75, 3.05) is 39.8 Å². The molecule has 0 aromatic heterocycles. The number of rotatable bonds is 6. The lowest BCUT2D eigenvalue weighted by Crippen LogP contribution is -2.53. The Balaban J connectivity index is 1.31. The number of amides is 3. The normalized spacial score (nSPS) is 29.9. The van der Waals surface area contributed by atoms with Crippen molar-refractivity contribution in [3.05, 3.63) is 81.4 Å². The Labute approximate surface area is 333 Å². The van der Waals surface area contributed by atoms with Gasteiger partial charge in [0.25, 0.3) is 5.91 Å². The number of epoxide rings is 1. The molecular formula is C42H53ClN4O9. The first kappa shape index (κ1) is 41.2. The molecule has 6 rings (SSSR count). The highest BCUT2D eigenvalue weighted by molar-refractivity contribution is 6.35. The molecule has 0 saturated carbocycles. The van der Waals surface area contributed by atoms with E-state index in [9.17, 15) is 19.2 Å². The van der Waals surface area contributed by atoms with E-state index in [1.165, 1.54) is 16.9 Å². The summed E-state index contributed by atoms with van der Waals surface area (Å²) in [6, 6.07) is 7.87. The van der Waals surface area contributed by atoms with E-state index in [1.54, 1.807) is 41.1 Å². The van der Waals surface area contributed by atoms with Crippen LogP contribution in [-0.2, 0) is 47.9 Å². The van der Waals surface area contributed by atoms with Crippen molar-refractivity contribution in [2.45, 2.75) is 102 Å².